The minimum absolute atomic E-state index is 0.293. The zero-order valence-electron chi connectivity index (χ0n) is 27.9. The molecular weight excluding hydrogens is 508 g/mol. The Balaban J connectivity index is 3.53. The minimum Gasteiger partial charge on any atom is -0.390 e. The molecule has 4 nitrogen and oxygen atoms in total. The quantitative estimate of drug-likeness (QED) is 0.0659. The van der Waals surface area contributed by atoms with E-state index in [0.29, 0.717) is 12.8 Å². The maximum Gasteiger partial charge on any atom is 0.164 e. The van der Waals surface area contributed by atoms with Crippen LogP contribution < -0.4 is 0 Å². The van der Waals surface area contributed by atoms with Crippen LogP contribution in [-0.2, 0) is 4.79 Å². The number of ketones is 1. The molecule has 0 saturated carbocycles. The second-order valence-corrected chi connectivity index (χ2v) is 13.1. The van der Waals surface area contributed by atoms with E-state index in [4.69, 9.17) is 0 Å². The van der Waals surface area contributed by atoms with Gasteiger partial charge in [0, 0.05) is 6.42 Å². The molecule has 3 unspecified atom stereocenters. The summed E-state index contributed by atoms with van der Waals surface area (Å²) in [5.41, 5.74) is 0. The molecule has 0 amide bonds. The monoisotopic (exact) mass is 583 g/mol. The van der Waals surface area contributed by atoms with E-state index in [9.17, 15) is 20.1 Å². The number of aliphatic hydroxyl groups excluding tert-OH is 3. The topological polar surface area (TPSA) is 77.8 Å². The highest BCUT2D eigenvalue weighted by molar-refractivity contribution is 5.83. The molecule has 41 heavy (non-hydrogen) atoms. The Kier molecular flexibility index (Phi) is 32.1. The van der Waals surface area contributed by atoms with Gasteiger partial charge in [0.1, 0.15) is 12.2 Å². The highest BCUT2D eigenvalue weighted by Crippen LogP contribution is 2.17. The molecule has 0 aromatic heterocycles. The Morgan fingerprint density at radius 2 is 0.683 bits per heavy atom. The molecule has 0 aliphatic carbocycles. The first-order valence-electron chi connectivity index (χ1n) is 18.6. The molecule has 0 aliphatic heterocycles. The summed E-state index contributed by atoms with van der Waals surface area (Å²) < 4.78 is 0. The number of rotatable bonds is 34. The van der Waals surface area contributed by atoms with Crippen molar-refractivity contribution in [2.45, 2.75) is 231 Å². The zero-order chi connectivity index (χ0) is 30.2. The lowest BCUT2D eigenvalue weighted by Crippen LogP contribution is -2.42. The zero-order valence-corrected chi connectivity index (χ0v) is 27.9. The highest BCUT2D eigenvalue weighted by atomic mass is 16.4. The van der Waals surface area contributed by atoms with Gasteiger partial charge in [-0.05, 0) is 12.8 Å². The first-order valence-corrected chi connectivity index (χ1v) is 18.6. The van der Waals surface area contributed by atoms with Gasteiger partial charge < -0.3 is 15.3 Å². The van der Waals surface area contributed by atoms with Gasteiger partial charge in [-0.25, -0.2) is 0 Å². The van der Waals surface area contributed by atoms with Crippen LogP contribution in [0, 0.1) is 0 Å². The predicted molar refractivity (Wildman–Crippen MR) is 178 cm³/mol. The van der Waals surface area contributed by atoms with Crippen molar-refractivity contribution in [3.8, 4) is 0 Å². The van der Waals surface area contributed by atoms with Gasteiger partial charge in [-0.3, -0.25) is 4.79 Å². The first-order chi connectivity index (χ1) is 20.0. The van der Waals surface area contributed by atoms with Crippen LogP contribution in [0.4, 0.5) is 0 Å². The van der Waals surface area contributed by atoms with Gasteiger partial charge in [0.05, 0.1) is 6.10 Å². The van der Waals surface area contributed by atoms with Gasteiger partial charge in [-0.1, -0.05) is 194 Å². The minimum atomic E-state index is -1.46. The normalized spacial score (nSPS) is 13.9. The molecule has 0 fully saturated rings. The summed E-state index contributed by atoms with van der Waals surface area (Å²) in [5, 5.41) is 30.8. The SMILES string of the molecule is CCCCCCCCCCCCCCCCCCC(O)C(O)C(O)C(=O)CCCCCCCCCCCCCCC. The van der Waals surface area contributed by atoms with Crippen molar-refractivity contribution < 1.29 is 20.1 Å². The number of hydrogen-bond acceptors (Lipinski definition) is 4. The molecule has 0 saturated heterocycles. The van der Waals surface area contributed by atoms with Gasteiger partial charge in [0.2, 0.25) is 0 Å². The standard InChI is InChI=1S/C37H74O4/c1-3-5-7-9-11-13-15-17-18-19-21-23-25-27-29-31-33-35(39)37(41)36(40)34(38)32-30-28-26-24-22-20-16-14-12-10-8-6-4-2/h35-37,39-41H,3-33H2,1-2H3. The predicted octanol–water partition coefficient (Wildman–Crippen LogP) is 10.8. The van der Waals surface area contributed by atoms with E-state index in [-0.39, 0.29) is 5.78 Å². The lowest BCUT2D eigenvalue weighted by molar-refractivity contribution is -0.138. The van der Waals surface area contributed by atoms with Crippen molar-refractivity contribution in [1.29, 1.82) is 0 Å². The molecule has 3 atom stereocenters. The summed E-state index contributed by atoms with van der Waals surface area (Å²) in [5.74, 6) is -0.327. The number of carbonyl (C=O) groups excluding carboxylic acids is 1. The van der Waals surface area contributed by atoms with Crippen LogP contribution in [0.1, 0.15) is 213 Å². The fourth-order valence-corrected chi connectivity index (χ4v) is 5.94. The van der Waals surface area contributed by atoms with Crippen molar-refractivity contribution >= 4 is 5.78 Å². The van der Waals surface area contributed by atoms with Crippen molar-refractivity contribution in [2.24, 2.45) is 0 Å². The molecule has 246 valence electrons. The largest absolute Gasteiger partial charge is 0.390 e. The third-order valence-electron chi connectivity index (χ3n) is 8.93. The van der Waals surface area contributed by atoms with Gasteiger partial charge in [0.15, 0.2) is 5.78 Å². The van der Waals surface area contributed by atoms with Crippen LogP contribution in [-0.4, -0.2) is 39.4 Å². The van der Waals surface area contributed by atoms with Crippen LogP contribution in [0.5, 0.6) is 0 Å². The van der Waals surface area contributed by atoms with E-state index < -0.39 is 18.3 Å². The van der Waals surface area contributed by atoms with Crippen LogP contribution >= 0.6 is 0 Å². The highest BCUT2D eigenvalue weighted by Gasteiger charge is 2.29. The maximum atomic E-state index is 12.3. The van der Waals surface area contributed by atoms with Crippen molar-refractivity contribution in [3.05, 3.63) is 0 Å². The summed E-state index contributed by atoms with van der Waals surface area (Å²) in [6.07, 6.45) is 33.9. The third kappa shape index (κ3) is 28.1. The molecule has 3 N–H and O–H groups in total. The van der Waals surface area contributed by atoms with Crippen molar-refractivity contribution in [2.75, 3.05) is 0 Å². The Morgan fingerprint density at radius 1 is 0.415 bits per heavy atom. The Hall–Kier alpha value is -0.450. The average Bonchev–Trinajstić information content (AvgIpc) is 2.98. The van der Waals surface area contributed by atoms with Crippen LogP contribution in [0.3, 0.4) is 0 Å². The summed E-state index contributed by atoms with van der Waals surface area (Å²) in [6.45, 7) is 4.53. The smallest absolute Gasteiger partial charge is 0.164 e. The van der Waals surface area contributed by atoms with E-state index in [0.717, 1.165) is 38.5 Å². The molecular formula is C37H74O4. The fourth-order valence-electron chi connectivity index (χ4n) is 5.94. The Bertz CT molecular complexity index is 523. The van der Waals surface area contributed by atoms with E-state index in [1.165, 1.54) is 148 Å². The van der Waals surface area contributed by atoms with Crippen LogP contribution in [0.2, 0.25) is 0 Å². The molecule has 4 heteroatoms. The van der Waals surface area contributed by atoms with Gasteiger partial charge in [-0.15, -0.1) is 0 Å². The lowest BCUT2D eigenvalue weighted by atomic mass is 9.96. The molecule has 0 radical (unpaired) electrons. The summed E-state index contributed by atoms with van der Waals surface area (Å²) in [6, 6.07) is 0. The summed E-state index contributed by atoms with van der Waals surface area (Å²) >= 11 is 0. The number of Topliss-reactive ketones (excluding diaryl/α,β-unsaturated/α-hetero) is 1. The van der Waals surface area contributed by atoms with E-state index in [2.05, 4.69) is 13.8 Å². The van der Waals surface area contributed by atoms with E-state index in [1.54, 1.807) is 0 Å². The molecule has 0 aliphatic rings. The molecule has 0 aromatic carbocycles. The van der Waals surface area contributed by atoms with E-state index in [1.807, 2.05) is 0 Å². The van der Waals surface area contributed by atoms with Gasteiger partial charge in [-0.2, -0.15) is 0 Å². The fraction of sp³-hybridized carbons (Fsp3) is 0.973. The third-order valence-corrected chi connectivity index (χ3v) is 8.93. The second kappa shape index (κ2) is 32.5. The first kappa shape index (κ1) is 40.5. The van der Waals surface area contributed by atoms with E-state index >= 15 is 0 Å². The number of hydrogen-bond donors (Lipinski definition) is 3. The van der Waals surface area contributed by atoms with Crippen molar-refractivity contribution in [1.82, 2.24) is 0 Å². The molecule has 0 spiro atoms. The molecule has 0 rings (SSSR count). The number of aliphatic hydroxyl groups is 3. The van der Waals surface area contributed by atoms with Crippen LogP contribution in [0.25, 0.3) is 0 Å². The summed E-state index contributed by atoms with van der Waals surface area (Å²) in [4.78, 5) is 12.3. The Labute approximate surface area is 256 Å². The number of carbonyl (C=O) groups is 1. The molecule has 0 aromatic rings. The average molecular weight is 583 g/mol. The second-order valence-electron chi connectivity index (χ2n) is 13.1. The number of unbranched alkanes of at least 4 members (excludes halogenated alkanes) is 27. The van der Waals surface area contributed by atoms with Gasteiger partial charge in [0.25, 0.3) is 0 Å². The van der Waals surface area contributed by atoms with Crippen LogP contribution in [0.15, 0.2) is 0 Å². The van der Waals surface area contributed by atoms with Gasteiger partial charge >= 0.3 is 0 Å². The maximum absolute atomic E-state index is 12.3. The summed E-state index contributed by atoms with van der Waals surface area (Å²) in [7, 11) is 0. The van der Waals surface area contributed by atoms with Crippen molar-refractivity contribution in [3.63, 3.8) is 0 Å². The Morgan fingerprint density at radius 3 is 1.00 bits per heavy atom. The molecule has 0 bridgehead atoms. The molecule has 0 heterocycles. The lowest BCUT2D eigenvalue weighted by Gasteiger charge is -2.22.